The van der Waals surface area contributed by atoms with E-state index >= 15 is 0 Å². The molecular formula is C16H16N2O. The maximum absolute atomic E-state index is 12.6. The van der Waals surface area contributed by atoms with Crippen molar-refractivity contribution in [1.82, 2.24) is 4.98 Å². The molecule has 0 saturated carbocycles. The lowest BCUT2D eigenvalue weighted by atomic mass is 10.1. The molecule has 1 aromatic heterocycles. The first-order valence-corrected chi connectivity index (χ1v) is 6.67. The van der Waals surface area contributed by atoms with Crippen LogP contribution < -0.4 is 4.90 Å². The SMILES string of the molecule is O=C(c1ccccn1)N1CCCCc2ccccc21. The smallest absolute Gasteiger partial charge is 0.276 e. The summed E-state index contributed by atoms with van der Waals surface area (Å²) in [6.07, 6.45) is 4.87. The van der Waals surface area contributed by atoms with E-state index in [1.165, 1.54) is 5.56 Å². The number of para-hydroxylation sites is 1. The summed E-state index contributed by atoms with van der Waals surface area (Å²) in [5.74, 6) is -0.00468. The van der Waals surface area contributed by atoms with Crippen LogP contribution in [0.25, 0.3) is 0 Å². The lowest BCUT2D eigenvalue weighted by molar-refractivity contribution is 0.0982. The minimum absolute atomic E-state index is 0.00468. The summed E-state index contributed by atoms with van der Waals surface area (Å²) in [6.45, 7) is 0.770. The van der Waals surface area contributed by atoms with Gasteiger partial charge in [-0.1, -0.05) is 24.3 Å². The van der Waals surface area contributed by atoms with Crippen molar-refractivity contribution < 1.29 is 4.79 Å². The molecule has 0 saturated heterocycles. The molecule has 1 aromatic carbocycles. The first kappa shape index (κ1) is 11.9. The zero-order valence-corrected chi connectivity index (χ0v) is 10.7. The van der Waals surface area contributed by atoms with E-state index in [1.54, 1.807) is 12.3 Å². The third-order valence-corrected chi connectivity index (χ3v) is 3.49. The number of nitrogens with zero attached hydrogens (tertiary/aromatic N) is 2. The van der Waals surface area contributed by atoms with Gasteiger partial charge in [-0.3, -0.25) is 9.78 Å². The molecule has 0 spiro atoms. The van der Waals surface area contributed by atoms with Gasteiger partial charge in [-0.25, -0.2) is 0 Å². The van der Waals surface area contributed by atoms with Crippen molar-refractivity contribution >= 4 is 11.6 Å². The second kappa shape index (κ2) is 5.22. The summed E-state index contributed by atoms with van der Waals surface area (Å²) in [7, 11) is 0. The molecule has 96 valence electrons. The largest absolute Gasteiger partial charge is 0.307 e. The van der Waals surface area contributed by atoms with E-state index in [4.69, 9.17) is 0 Å². The second-order valence-corrected chi connectivity index (χ2v) is 4.76. The van der Waals surface area contributed by atoms with Crippen LogP contribution in [0.5, 0.6) is 0 Å². The van der Waals surface area contributed by atoms with Gasteiger partial charge in [0.05, 0.1) is 0 Å². The molecule has 1 aliphatic heterocycles. The van der Waals surface area contributed by atoms with E-state index in [9.17, 15) is 4.79 Å². The number of fused-ring (bicyclic) bond motifs is 1. The molecule has 0 atom stereocenters. The van der Waals surface area contributed by atoms with Crippen LogP contribution in [0.2, 0.25) is 0 Å². The van der Waals surface area contributed by atoms with Crippen molar-refractivity contribution in [3.05, 3.63) is 59.9 Å². The highest BCUT2D eigenvalue weighted by molar-refractivity contribution is 6.05. The average Bonchev–Trinajstić information content (AvgIpc) is 2.70. The molecule has 1 aliphatic rings. The monoisotopic (exact) mass is 252 g/mol. The molecule has 0 N–H and O–H groups in total. The third kappa shape index (κ3) is 2.36. The van der Waals surface area contributed by atoms with Crippen LogP contribution in [-0.4, -0.2) is 17.4 Å². The van der Waals surface area contributed by atoms with Crippen molar-refractivity contribution in [3.63, 3.8) is 0 Å². The van der Waals surface area contributed by atoms with E-state index < -0.39 is 0 Å². The van der Waals surface area contributed by atoms with Crippen molar-refractivity contribution in [2.45, 2.75) is 19.3 Å². The van der Waals surface area contributed by atoms with Gasteiger partial charge in [0, 0.05) is 18.4 Å². The number of benzene rings is 1. The molecule has 3 nitrogen and oxygen atoms in total. The van der Waals surface area contributed by atoms with Gasteiger partial charge in [0.25, 0.3) is 5.91 Å². The topological polar surface area (TPSA) is 33.2 Å². The lowest BCUT2D eigenvalue weighted by Gasteiger charge is -2.22. The summed E-state index contributed by atoms with van der Waals surface area (Å²) >= 11 is 0. The van der Waals surface area contributed by atoms with Crippen molar-refractivity contribution in [2.24, 2.45) is 0 Å². The van der Waals surface area contributed by atoms with Gasteiger partial charge in [-0.05, 0) is 43.0 Å². The number of carbonyl (C=O) groups excluding carboxylic acids is 1. The van der Waals surface area contributed by atoms with Crippen molar-refractivity contribution in [2.75, 3.05) is 11.4 Å². The van der Waals surface area contributed by atoms with E-state index in [2.05, 4.69) is 11.1 Å². The minimum atomic E-state index is -0.00468. The first-order chi connectivity index (χ1) is 9.36. The molecule has 3 heteroatoms. The molecule has 0 bridgehead atoms. The first-order valence-electron chi connectivity index (χ1n) is 6.67. The Morgan fingerprint density at radius 2 is 1.89 bits per heavy atom. The quantitative estimate of drug-likeness (QED) is 0.781. The molecule has 2 heterocycles. The van der Waals surface area contributed by atoms with E-state index in [1.807, 2.05) is 35.2 Å². The van der Waals surface area contributed by atoms with Crippen LogP contribution >= 0.6 is 0 Å². The molecule has 0 radical (unpaired) electrons. The third-order valence-electron chi connectivity index (χ3n) is 3.49. The Morgan fingerprint density at radius 1 is 1.05 bits per heavy atom. The standard InChI is InChI=1S/C16H16N2O/c19-16(14-9-3-5-11-17-14)18-12-6-4-8-13-7-1-2-10-15(13)18/h1-3,5,7,9-11H,4,6,8,12H2. The van der Waals surface area contributed by atoms with Crippen LogP contribution in [0.4, 0.5) is 5.69 Å². The summed E-state index contributed by atoms with van der Waals surface area (Å²) < 4.78 is 0. The summed E-state index contributed by atoms with van der Waals surface area (Å²) in [6, 6.07) is 13.6. The second-order valence-electron chi connectivity index (χ2n) is 4.76. The number of rotatable bonds is 1. The van der Waals surface area contributed by atoms with Crippen LogP contribution in [0.3, 0.4) is 0 Å². The highest BCUT2D eigenvalue weighted by atomic mass is 16.2. The zero-order valence-electron chi connectivity index (χ0n) is 10.7. The molecule has 0 fully saturated rings. The fourth-order valence-corrected chi connectivity index (χ4v) is 2.53. The van der Waals surface area contributed by atoms with Gasteiger partial charge in [0.15, 0.2) is 0 Å². The Labute approximate surface area is 112 Å². The maximum Gasteiger partial charge on any atom is 0.276 e. The van der Waals surface area contributed by atoms with E-state index in [-0.39, 0.29) is 5.91 Å². The number of carbonyl (C=O) groups is 1. The van der Waals surface area contributed by atoms with Crippen molar-refractivity contribution in [3.8, 4) is 0 Å². The number of aryl methyl sites for hydroxylation is 1. The highest BCUT2D eigenvalue weighted by Crippen LogP contribution is 2.27. The average molecular weight is 252 g/mol. The molecule has 1 amide bonds. The lowest BCUT2D eigenvalue weighted by Crippen LogP contribution is -2.32. The van der Waals surface area contributed by atoms with Gasteiger partial charge >= 0.3 is 0 Å². The molecular weight excluding hydrogens is 236 g/mol. The van der Waals surface area contributed by atoms with Gasteiger partial charge in [-0.15, -0.1) is 0 Å². The molecule has 3 rings (SSSR count). The number of pyridine rings is 1. The Balaban J connectivity index is 1.99. The number of anilines is 1. The summed E-state index contributed by atoms with van der Waals surface area (Å²) in [5, 5.41) is 0. The number of amides is 1. The minimum Gasteiger partial charge on any atom is -0.307 e. The Bertz CT molecular complexity index is 580. The summed E-state index contributed by atoms with van der Waals surface area (Å²) in [5.41, 5.74) is 2.80. The van der Waals surface area contributed by atoms with Crippen LogP contribution in [0.1, 0.15) is 28.9 Å². The van der Waals surface area contributed by atoms with Crippen LogP contribution in [0.15, 0.2) is 48.7 Å². The highest BCUT2D eigenvalue weighted by Gasteiger charge is 2.22. The summed E-state index contributed by atoms with van der Waals surface area (Å²) in [4.78, 5) is 18.6. The van der Waals surface area contributed by atoms with Gasteiger partial charge in [0.2, 0.25) is 0 Å². The Kier molecular flexibility index (Phi) is 3.27. The van der Waals surface area contributed by atoms with Gasteiger partial charge in [-0.2, -0.15) is 0 Å². The van der Waals surface area contributed by atoms with Crippen molar-refractivity contribution in [1.29, 1.82) is 0 Å². The normalized spacial score (nSPS) is 14.6. The van der Waals surface area contributed by atoms with Crippen LogP contribution in [0, 0.1) is 0 Å². The Morgan fingerprint density at radius 3 is 2.74 bits per heavy atom. The molecule has 0 aliphatic carbocycles. The predicted octanol–water partition coefficient (Wildman–Crippen LogP) is 3.06. The molecule has 19 heavy (non-hydrogen) atoms. The fourth-order valence-electron chi connectivity index (χ4n) is 2.53. The van der Waals surface area contributed by atoms with Crippen LogP contribution in [-0.2, 0) is 6.42 Å². The molecule has 0 unspecified atom stereocenters. The van der Waals surface area contributed by atoms with E-state index in [0.717, 1.165) is 31.5 Å². The molecule has 2 aromatic rings. The number of hydrogen-bond donors (Lipinski definition) is 0. The zero-order chi connectivity index (χ0) is 13.1. The van der Waals surface area contributed by atoms with Gasteiger partial charge < -0.3 is 4.90 Å². The number of hydrogen-bond acceptors (Lipinski definition) is 2. The maximum atomic E-state index is 12.6. The van der Waals surface area contributed by atoms with E-state index in [0.29, 0.717) is 5.69 Å². The number of aromatic nitrogens is 1. The Hall–Kier alpha value is -2.16. The fraction of sp³-hybridized carbons (Fsp3) is 0.250. The van der Waals surface area contributed by atoms with Gasteiger partial charge in [0.1, 0.15) is 5.69 Å². The predicted molar refractivity (Wildman–Crippen MR) is 75.3 cm³/mol.